The van der Waals surface area contributed by atoms with Gasteiger partial charge in [-0.05, 0) is 13.0 Å². The van der Waals surface area contributed by atoms with Gasteiger partial charge >= 0.3 is 32.7 Å². The van der Waals surface area contributed by atoms with E-state index < -0.39 is 59.2 Å². The molecule has 7 N–H and O–H groups in total. The van der Waals surface area contributed by atoms with E-state index in [1.807, 2.05) is 0 Å². The van der Waals surface area contributed by atoms with Crippen LogP contribution in [0.3, 0.4) is 0 Å². The molecule has 0 aliphatic rings. The van der Waals surface area contributed by atoms with Gasteiger partial charge in [0.05, 0.1) is 6.61 Å². The summed E-state index contributed by atoms with van der Waals surface area (Å²) in [6, 6.07) is 0. The van der Waals surface area contributed by atoms with E-state index in [4.69, 9.17) is 29.8 Å². The highest BCUT2D eigenvalue weighted by atomic mass is 31.2. The van der Waals surface area contributed by atoms with Gasteiger partial charge in [-0.2, -0.15) is 0 Å². The summed E-state index contributed by atoms with van der Waals surface area (Å²) < 4.78 is 51.9. The van der Waals surface area contributed by atoms with E-state index in [1.54, 1.807) is 0 Å². The van der Waals surface area contributed by atoms with Gasteiger partial charge in [-0.25, -0.2) is 4.90 Å². The quantitative estimate of drug-likeness (QED) is 0.0810. The van der Waals surface area contributed by atoms with Gasteiger partial charge in [-0.3, -0.25) is 14.0 Å². The van der Waals surface area contributed by atoms with Gasteiger partial charge in [0.15, 0.2) is 13.5 Å². The lowest BCUT2D eigenvalue weighted by Gasteiger charge is -2.26. The number of rotatable bonds is 18. The van der Waals surface area contributed by atoms with Crippen molar-refractivity contribution in [3.63, 3.8) is 0 Å². The summed E-state index contributed by atoms with van der Waals surface area (Å²) in [7, 11) is -12.7. The van der Waals surface area contributed by atoms with Crippen molar-refractivity contribution < 1.29 is 56.3 Å². The third-order valence-corrected chi connectivity index (χ3v) is 5.17. The van der Waals surface area contributed by atoms with Crippen LogP contribution in [-0.2, 0) is 31.8 Å². The van der Waals surface area contributed by atoms with Gasteiger partial charge in [0.1, 0.15) is 13.0 Å². The zero-order valence-electron chi connectivity index (χ0n) is 14.7. The average Bonchev–Trinajstić information content (AvgIpc) is 2.58. The molecule has 0 fully saturated rings. The lowest BCUT2D eigenvalue weighted by Crippen LogP contribution is -2.38. The smallest absolute Gasteiger partial charge is 0.330 e. The Balaban J connectivity index is 4.83. The molecule has 0 amide bonds. The SMILES string of the molecule is NCCCOP(=O)(O)CN(CCN(CO[P+](=O)O)CO[P+](=O)O)COP(O)O. The molecule has 3 unspecified atom stereocenters. The summed E-state index contributed by atoms with van der Waals surface area (Å²) in [5.74, 6) is 0. The molecule has 0 bridgehead atoms. The van der Waals surface area contributed by atoms with Gasteiger partial charge in [0.2, 0.25) is 0 Å². The zero-order chi connectivity index (χ0) is 21.6. The van der Waals surface area contributed by atoms with E-state index in [0.29, 0.717) is 6.42 Å². The summed E-state index contributed by atoms with van der Waals surface area (Å²) in [6.45, 7) is -1.20. The van der Waals surface area contributed by atoms with Gasteiger partial charge < -0.3 is 24.9 Å². The van der Waals surface area contributed by atoms with Crippen LogP contribution in [0.1, 0.15) is 6.42 Å². The molecule has 0 radical (unpaired) electrons. The molecule has 0 rings (SSSR count). The Kier molecular flexibility index (Phi) is 16.3. The Morgan fingerprint density at radius 2 is 1.54 bits per heavy atom. The van der Waals surface area contributed by atoms with E-state index in [0.717, 1.165) is 0 Å². The second kappa shape index (κ2) is 16.1. The van der Waals surface area contributed by atoms with Crippen molar-refractivity contribution in [2.45, 2.75) is 6.42 Å². The summed E-state index contributed by atoms with van der Waals surface area (Å²) in [5.41, 5.74) is 5.28. The minimum absolute atomic E-state index is 0.0344. The highest BCUT2D eigenvalue weighted by Crippen LogP contribution is 2.42. The first kappa shape index (κ1) is 28.4. The summed E-state index contributed by atoms with van der Waals surface area (Å²) in [5, 5.41) is 0. The topological polar surface area (TPSA) is 222 Å². The lowest BCUT2D eigenvalue weighted by molar-refractivity contribution is 0.0341. The van der Waals surface area contributed by atoms with Crippen LogP contribution in [0, 0.1) is 0 Å². The molecule has 0 aliphatic carbocycles. The van der Waals surface area contributed by atoms with E-state index in [-0.39, 0.29) is 26.2 Å². The fourth-order valence-electron chi connectivity index (χ4n) is 1.60. The van der Waals surface area contributed by atoms with Crippen LogP contribution in [0.4, 0.5) is 0 Å². The minimum Gasteiger partial charge on any atom is -0.330 e. The van der Waals surface area contributed by atoms with Crippen molar-refractivity contribution in [1.29, 1.82) is 0 Å². The van der Waals surface area contributed by atoms with E-state index in [1.165, 1.54) is 9.80 Å². The van der Waals surface area contributed by atoms with E-state index in [2.05, 4.69) is 13.6 Å². The standard InChI is InChI=1S/C9H23N3O12P4/c10-2-1-5-24-28(19,20)9-12(8-23-27(17)18)4-3-11(6-21-25(13)14)7-22-26(15)16/h17-18H,1-10H2,(H-2,13,14,15,16,19,20)/p+2. The molecule has 28 heavy (non-hydrogen) atoms. The van der Waals surface area contributed by atoms with Gasteiger partial charge in [-0.15, -0.1) is 18.8 Å². The van der Waals surface area contributed by atoms with Crippen molar-refractivity contribution in [3.8, 4) is 0 Å². The molecule has 0 saturated carbocycles. The molecule has 3 atom stereocenters. The number of nitrogens with two attached hydrogens (primary N) is 1. The third kappa shape index (κ3) is 17.3. The number of nitrogens with zero attached hydrogens (tertiary/aromatic N) is 2. The van der Waals surface area contributed by atoms with Gasteiger partial charge in [0, 0.05) is 22.2 Å². The zero-order valence-corrected chi connectivity index (χ0v) is 18.3. The van der Waals surface area contributed by atoms with Crippen molar-refractivity contribution in [2.24, 2.45) is 5.73 Å². The molecule has 0 spiro atoms. The molecule has 0 aromatic carbocycles. The van der Waals surface area contributed by atoms with Crippen molar-refractivity contribution in [1.82, 2.24) is 9.80 Å². The fraction of sp³-hybridized carbons (Fsp3) is 1.00. The molecule has 0 aliphatic heterocycles. The fourth-order valence-corrected chi connectivity index (χ4v) is 3.62. The maximum Gasteiger partial charge on any atom is 0.696 e. The Morgan fingerprint density at radius 1 is 1.00 bits per heavy atom. The van der Waals surface area contributed by atoms with Crippen LogP contribution in [0.5, 0.6) is 0 Å². The Morgan fingerprint density at radius 3 is 2.00 bits per heavy atom. The molecular weight excluding hydrogens is 466 g/mol. The van der Waals surface area contributed by atoms with Crippen LogP contribution in [0.2, 0.25) is 0 Å². The lowest BCUT2D eigenvalue weighted by atomic mass is 10.5. The first-order valence-electron chi connectivity index (χ1n) is 7.55. The Bertz CT molecular complexity index is 497. The van der Waals surface area contributed by atoms with Crippen LogP contribution in [0.25, 0.3) is 0 Å². The van der Waals surface area contributed by atoms with Gasteiger partial charge in [0.25, 0.3) is 0 Å². The Hall–Kier alpha value is 0.380. The van der Waals surface area contributed by atoms with Crippen LogP contribution in [-0.4, -0.2) is 87.0 Å². The summed E-state index contributed by atoms with van der Waals surface area (Å²) in [6.07, 6.45) is -0.167. The third-order valence-electron chi connectivity index (χ3n) is 2.81. The van der Waals surface area contributed by atoms with Crippen LogP contribution in [0.15, 0.2) is 0 Å². The number of hydrogen-bond donors (Lipinski definition) is 6. The maximum atomic E-state index is 12.1. The van der Waals surface area contributed by atoms with Crippen molar-refractivity contribution >= 4 is 32.7 Å². The predicted molar refractivity (Wildman–Crippen MR) is 96.6 cm³/mol. The number of hydrogen-bond acceptors (Lipinski definition) is 12. The first-order chi connectivity index (χ1) is 13.1. The summed E-state index contributed by atoms with van der Waals surface area (Å²) in [4.78, 5) is 47.4. The monoisotopic (exact) mass is 491 g/mol. The highest BCUT2D eigenvalue weighted by molar-refractivity contribution is 7.52. The largest absolute Gasteiger partial charge is 0.696 e. The summed E-state index contributed by atoms with van der Waals surface area (Å²) >= 11 is 0. The van der Waals surface area contributed by atoms with Crippen molar-refractivity contribution in [2.75, 3.05) is 52.7 Å². The molecule has 0 saturated heterocycles. The predicted octanol–water partition coefficient (Wildman–Crippen LogP) is -0.468. The van der Waals surface area contributed by atoms with Crippen molar-refractivity contribution in [3.05, 3.63) is 0 Å². The maximum absolute atomic E-state index is 12.1. The molecule has 15 nitrogen and oxygen atoms in total. The molecule has 0 heterocycles. The van der Waals surface area contributed by atoms with E-state index >= 15 is 0 Å². The second-order valence-corrected chi connectivity index (χ2v) is 9.09. The van der Waals surface area contributed by atoms with E-state index in [9.17, 15) is 18.6 Å². The normalized spacial score (nSPS) is 15.3. The van der Waals surface area contributed by atoms with Crippen LogP contribution >= 0.6 is 32.7 Å². The molecule has 166 valence electrons. The Labute approximate surface area is 164 Å². The van der Waals surface area contributed by atoms with Crippen LogP contribution < -0.4 is 5.73 Å². The molecular formula is C9H25N3O12P4+2. The average molecular weight is 491 g/mol. The minimum atomic E-state index is -4.08. The molecule has 0 aromatic rings. The van der Waals surface area contributed by atoms with Gasteiger partial charge in [-0.1, -0.05) is 0 Å². The molecule has 0 aromatic heterocycles. The first-order valence-corrected chi connectivity index (χ1v) is 12.7. The highest BCUT2D eigenvalue weighted by Gasteiger charge is 2.26. The second-order valence-electron chi connectivity index (χ2n) is 5.05. The molecule has 19 heteroatoms.